The van der Waals surface area contributed by atoms with Gasteiger partial charge in [0.1, 0.15) is 35.5 Å². The molecular weight excluding hydrogens is 484 g/mol. The number of thioether (sulfide) groups is 1. The maximum Gasteiger partial charge on any atom is 0.143 e. The summed E-state index contributed by atoms with van der Waals surface area (Å²) < 4.78 is 13.0. The van der Waals surface area contributed by atoms with Crippen LogP contribution in [-0.2, 0) is 15.1 Å². The molecule has 1 aliphatic heterocycles. The molecule has 0 saturated carbocycles. The lowest BCUT2D eigenvalue weighted by atomic mass is 9.80. The first kappa shape index (κ1) is 25.7. The average Bonchev–Trinajstić information content (AvgIpc) is 2.96. The number of ether oxygens (including phenoxy) is 2. The lowest BCUT2D eigenvalue weighted by molar-refractivity contribution is -0.216. The molecule has 1 aliphatic rings. The largest absolute Gasteiger partial charge is 0.387 e. The Bertz CT molecular complexity index is 1140. The summed E-state index contributed by atoms with van der Waals surface area (Å²) in [5.41, 5.74) is 1.01. The molecule has 6 heteroatoms. The molecule has 5 unspecified atom stereocenters. The average molecular weight is 515 g/mol. The van der Waals surface area contributed by atoms with Gasteiger partial charge in [-0.15, -0.1) is 0 Å². The lowest BCUT2D eigenvalue weighted by Crippen LogP contribution is -2.58. The Labute approximate surface area is 221 Å². The van der Waals surface area contributed by atoms with Gasteiger partial charge in [-0.1, -0.05) is 121 Å². The molecule has 0 spiro atoms. The van der Waals surface area contributed by atoms with E-state index >= 15 is 0 Å². The summed E-state index contributed by atoms with van der Waals surface area (Å²) in [5.74, 6) is 0. The van der Waals surface area contributed by atoms with E-state index in [1.807, 2.05) is 121 Å². The molecule has 4 aromatic rings. The molecule has 0 radical (unpaired) electrons. The highest BCUT2D eigenvalue weighted by Crippen LogP contribution is 2.41. The summed E-state index contributed by atoms with van der Waals surface area (Å²) in [5, 5.41) is 32.2. The van der Waals surface area contributed by atoms with Crippen LogP contribution in [0.15, 0.2) is 126 Å². The summed E-state index contributed by atoms with van der Waals surface area (Å²) in [7, 11) is 0. The topological polar surface area (TPSA) is 79.2 Å². The second-order valence-electron chi connectivity index (χ2n) is 9.04. The van der Waals surface area contributed by atoms with Crippen LogP contribution >= 0.6 is 11.8 Å². The van der Waals surface area contributed by atoms with Gasteiger partial charge in [0, 0.05) is 4.90 Å². The number of aliphatic hydroxyl groups is 3. The second-order valence-corrected chi connectivity index (χ2v) is 10.2. The maximum absolute atomic E-state index is 10.9. The van der Waals surface area contributed by atoms with E-state index in [4.69, 9.17) is 9.47 Å². The Morgan fingerprint density at radius 3 is 1.49 bits per heavy atom. The molecule has 190 valence electrons. The minimum absolute atomic E-state index is 0.0184. The minimum atomic E-state index is -1.37. The minimum Gasteiger partial charge on any atom is -0.387 e. The van der Waals surface area contributed by atoms with Gasteiger partial charge >= 0.3 is 0 Å². The summed E-state index contributed by atoms with van der Waals surface area (Å²) in [6.45, 7) is -0.0184. The summed E-state index contributed by atoms with van der Waals surface area (Å²) in [4.78, 5) is 0.891. The molecule has 0 aliphatic carbocycles. The fourth-order valence-corrected chi connectivity index (χ4v) is 5.84. The highest BCUT2D eigenvalue weighted by atomic mass is 32.2. The first-order valence-electron chi connectivity index (χ1n) is 12.3. The van der Waals surface area contributed by atoms with Gasteiger partial charge in [-0.05, 0) is 28.8 Å². The van der Waals surface area contributed by atoms with E-state index in [0.717, 1.165) is 21.6 Å². The van der Waals surface area contributed by atoms with Crippen LogP contribution in [0, 0.1) is 0 Å². The number of hydrogen-bond acceptors (Lipinski definition) is 6. The molecule has 5 nitrogen and oxygen atoms in total. The van der Waals surface area contributed by atoms with Crippen LogP contribution in [0.4, 0.5) is 0 Å². The second kappa shape index (κ2) is 11.6. The zero-order chi connectivity index (χ0) is 25.7. The number of benzene rings is 4. The number of aliphatic hydroxyl groups excluding tert-OH is 3. The van der Waals surface area contributed by atoms with Gasteiger partial charge in [-0.3, -0.25) is 0 Å². The summed E-state index contributed by atoms with van der Waals surface area (Å²) >= 11 is 1.31. The van der Waals surface area contributed by atoms with Gasteiger partial charge in [0.25, 0.3) is 0 Å². The van der Waals surface area contributed by atoms with E-state index in [0.29, 0.717) is 0 Å². The van der Waals surface area contributed by atoms with E-state index in [1.165, 1.54) is 11.8 Å². The van der Waals surface area contributed by atoms with Crippen molar-refractivity contribution in [3.8, 4) is 0 Å². The summed E-state index contributed by atoms with van der Waals surface area (Å²) in [6, 6.07) is 39.3. The van der Waals surface area contributed by atoms with Crippen molar-refractivity contribution in [2.24, 2.45) is 0 Å². The summed E-state index contributed by atoms with van der Waals surface area (Å²) in [6.07, 6.45) is -4.81. The molecule has 0 bridgehead atoms. The van der Waals surface area contributed by atoms with Crippen LogP contribution in [0.3, 0.4) is 0 Å². The van der Waals surface area contributed by atoms with Crippen molar-refractivity contribution >= 4 is 11.8 Å². The van der Waals surface area contributed by atoms with Crippen molar-refractivity contribution < 1.29 is 24.8 Å². The van der Waals surface area contributed by atoms with E-state index in [1.54, 1.807) is 0 Å². The molecular formula is C31H30O5S. The monoisotopic (exact) mass is 514 g/mol. The van der Waals surface area contributed by atoms with E-state index in [-0.39, 0.29) is 6.61 Å². The smallest absolute Gasteiger partial charge is 0.143 e. The third-order valence-electron chi connectivity index (χ3n) is 6.67. The molecule has 5 rings (SSSR count). The first-order chi connectivity index (χ1) is 18.1. The van der Waals surface area contributed by atoms with Gasteiger partial charge in [0.05, 0.1) is 6.61 Å². The maximum atomic E-state index is 10.9. The van der Waals surface area contributed by atoms with Crippen LogP contribution in [-0.4, -0.2) is 51.8 Å². The van der Waals surface area contributed by atoms with Crippen molar-refractivity contribution in [1.29, 1.82) is 0 Å². The van der Waals surface area contributed by atoms with E-state index in [9.17, 15) is 15.3 Å². The van der Waals surface area contributed by atoms with Crippen LogP contribution in [0.25, 0.3) is 0 Å². The molecule has 1 heterocycles. The molecule has 3 N–H and O–H groups in total. The Morgan fingerprint density at radius 1 is 0.595 bits per heavy atom. The third kappa shape index (κ3) is 5.36. The van der Waals surface area contributed by atoms with Gasteiger partial charge in [0.2, 0.25) is 0 Å². The molecule has 1 fully saturated rings. The fraction of sp³-hybridized carbons (Fsp3) is 0.226. The molecule has 0 amide bonds. The Kier molecular flexibility index (Phi) is 8.05. The van der Waals surface area contributed by atoms with Crippen LogP contribution in [0.2, 0.25) is 0 Å². The Morgan fingerprint density at radius 2 is 1.03 bits per heavy atom. The third-order valence-corrected chi connectivity index (χ3v) is 7.84. The molecule has 4 aromatic carbocycles. The van der Waals surface area contributed by atoms with E-state index < -0.39 is 35.5 Å². The van der Waals surface area contributed by atoms with Gasteiger partial charge < -0.3 is 24.8 Å². The van der Waals surface area contributed by atoms with Crippen molar-refractivity contribution in [3.05, 3.63) is 138 Å². The van der Waals surface area contributed by atoms with Crippen LogP contribution in [0.1, 0.15) is 16.7 Å². The zero-order valence-electron chi connectivity index (χ0n) is 20.2. The number of hydrogen-bond donors (Lipinski definition) is 3. The quantitative estimate of drug-likeness (QED) is 0.299. The lowest BCUT2D eigenvalue weighted by Gasteiger charge is -2.42. The van der Waals surface area contributed by atoms with E-state index in [2.05, 4.69) is 0 Å². The highest BCUT2D eigenvalue weighted by Gasteiger charge is 2.46. The number of rotatable bonds is 8. The normalized spacial score (nSPS) is 24.0. The Balaban J connectivity index is 1.49. The zero-order valence-corrected chi connectivity index (χ0v) is 21.0. The highest BCUT2D eigenvalue weighted by molar-refractivity contribution is 7.99. The van der Waals surface area contributed by atoms with Crippen molar-refractivity contribution in [1.82, 2.24) is 0 Å². The fourth-order valence-electron chi connectivity index (χ4n) is 4.76. The van der Waals surface area contributed by atoms with Crippen LogP contribution < -0.4 is 0 Å². The van der Waals surface area contributed by atoms with Crippen molar-refractivity contribution in [3.63, 3.8) is 0 Å². The van der Waals surface area contributed by atoms with Crippen molar-refractivity contribution in [2.45, 2.75) is 40.3 Å². The Hall–Kier alpha value is -2.97. The standard InChI is InChI=1S/C31H30O5S/c32-27-26(36-30(29(34)28(27)33)37-25-19-11-4-12-20-25)21-35-31(22-13-5-1-6-14-22,23-15-7-2-8-16-23)24-17-9-3-10-18-24/h1-20,26-30,32-34H,21H2. The molecule has 5 atom stereocenters. The molecule has 37 heavy (non-hydrogen) atoms. The predicted molar refractivity (Wildman–Crippen MR) is 144 cm³/mol. The molecule has 0 aromatic heterocycles. The van der Waals surface area contributed by atoms with Gasteiger partial charge in [-0.25, -0.2) is 0 Å². The van der Waals surface area contributed by atoms with Crippen LogP contribution in [0.5, 0.6) is 0 Å². The van der Waals surface area contributed by atoms with Gasteiger partial charge in [-0.2, -0.15) is 0 Å². The predicted octanol–water partition coefficient (Wildman–Crippen LogP) is 4.60. The first-order valence-corrected chi connectivity index (χ1v) is 13.2. The van der Waals surface area contributed by atoms with Crippen molar-refractivity contribution in [2.75, 3.05) is 6.61 Å². The van der Waals surface area contributed by atoms with Gasteiger partial charge in [0.15, 0.2) is 0 Å². The SMILES string of the molecule is OC1C(COC(c2ccccc2)(c2ccccc2)c2ccccc2)OC(Sc2ccccc2)C(O)C1O. The molecule has 1 saturated heterocycles.